The van der Waals surface area contributed by atoms with Gasteiger partial charge in [-0.25, -0.2) is 0 Å². The van der Waals surface area contributed by atoms with Gasteiger partial charge in [0, 0.05) is 11.1 Å². The third-order valence-electron chi connectivity index (χ3n) is 3.08. The van der Waals surface area contributed by atoms with Crippen molar-refractivity contribution in [3.63, 3.8) is 0 Å². The fraction of sp³-hybridized carbons (Fsp3) is 0. The number of thiocarbonyl (C=S) groups is 2. The fourth-order valence-corrected chi connectivity index (χ4v) is 1.77. The molecule has 0 aliphatic heterocycles. The quantitative estimate of drug-likeness (QED) is 0.192. The molecule has 31 heavy (non-hydrogen) atoms. The Labute approximate surface area is 199 Å². The minimum Gasteiger partial charge on any atom is -0.565 e. The number of amides is 2. The first-order chi connectivity index (χ1) is 14.2. The molecule has 12 nitrogen and oxygen atoms in total. The molecule has 167 valence electrons. The molecule has 2 rings (SSSR count). The van der Waals surface area contributed by atoms with E-state index in [1.807, 2.05) is 0 Å². The van der Waals surface area contributed by atoms with Gasteiger partial charge in [0.05, 0.1) is 0 Å². The van der Waals surface area contributed by atoms with Crippen LogP contribution in [-0.4, -0.2) is 32.3 Å². The van der Waals surface area contributed by atoms with Crippen molar-refractivity contribution in [1.29, 1.82) is 0 Å². The van der Waals surface area contributed by atoms with Crippen molar-refractivity contribution in [2.75, 3.05) is 0 Å². The zero-order chi connectivity index (χ0) is 22.5. The van der Waals surface area contributed by atoms with Crippen LogP contribution in [0.15, 0.2) is 60.7 Å². The summed E-state index contributed by atoms with van der Waals surface area (Å²) in [6, 6.07) is 17.2. The number of carbonyl (C=O) groups is 2. The number of nitrogens with zero attached hydrogens (tertiary/aromatic N) is 2. The van der Waals surface area contributed by atoms with Crippen LogP contribution < -0.4 is 33.4 Å². The Morgan fingerprint density at radius 1 is 0.677 bits per heavy atom. The Balaban J connectivity index is 0.000000562. The van der Waals surface area contributed by atoms with Gasteiger partial charge in [-0.15, -0.1) is 0 Å². The monoisotopic (exact) mass is 507 g/mol. The van der Waals surface area contributed by atoms with Crippen molar-refractivity contribution >= 4 is 46.5 Å². The second-order valence-electron chi connectivity index (χ2n) is 5.24. The molecule has 0 aromatic heterocycles. The van der Waals surface area contributed by atoms with Gasteiger partial charge in [0.2, 0.25) is 0 Å². The Hall–Kier alpha value is -2.89. The fourth-order valence-electron chi connectivity index (χ4n) is 1.66. The van der Waals surface area contributed by atoms with Gasteiger partial charge in [-0.2, -0.15) is 0 Å². The number of nitrogens with two attached hydrogens (primary N) is 2. The van der Waals surface area contributed by atoms with Gasteiger partial charge in [-0.05, 0) is 48.7 Å². The molecule has 0 saturated heterocycles. The first-order valence-electron chi connectivity index (χ1n) is 8.05. The van der Waals surface area contributed by atoms with Crippen LogP contribution in [0, 0.1) is 0 Å². The van der Waals surface area contributed by atoms with Crippen LogP contribution >= 0.6 is 24.4 Å². The van der Waals surface area contributed by atoms with Gasteiger partial charge < -0.3 is 21.9 Å². The molecule has 1 radical (unpaired) electrons. The van der Waals surface area contributed by atoms with E-state index < -0.39 is 0 Å². The first-order valence-corrected chi connectivity index (χ1v) is 8.87. The Morgan fingerprint density at radius 2 is 0.968 bits per heavy atom. The van der Waals surface area contributed by atoms with Crippen LogP contribution in [0.5, 0.6) is 0 Å². The van der Waals surface area contributed by atoms with Crippen molar-refractivity contribution in [1.82, 2.24) is 31.9 Å². The molecule has 0 aliphatic rings. The smallest absolute Gasteiger partial charge is 0.565 e. The predicted molar refractivity (Wildman–Crippen MR) is 120 cm³/mol. The summed E-state index contributed by atoms with van der Waals surface area (Å²) in [6.07, 6.45) is 0. The number of rotatable bonds is 2. The van der Waals surface area contributed by atoms with E-state index in [4.69, 9.17) is 23.4 Å². The molecule has 0 heterocycles. The predicted octanol–water partition coefficient (Wildman–Crippen LogP) is 0.695. The average molecular weight is 507 g/mol. The molecule has 0 bridgehead atoms. The third-order valence-corrected chi connectivity index (χ3v) is 3.67. The van der Waals surface area contributed by atoms with Gasteiger partial charge in [0.15, 0.2) is 10.2 Å². The molecule has 2 aromatic carbocycles. The SMILES string of the molecule is [Co+2].[NH-]N(N)C(=S)NNC(=O)c1ccccc1.[NH-]N(N)C(=S)NNC(=O)c1ccccc1. The topological polar surface area (TPSA) is 188 Å². The molecule has 0 spiro atoms. The second-order valence-corrected chi connectivity index (χ2v) is 6.01. The maximum atomic E-state index is 11.4. The number of hydrogen-bond acceptors (Lipinski definition) is 6. The van der Waals surface area contributed by atoms with Crippen LogP contribution in [-0.2, 0) is 16.8 Å². The van der Waals surface area contributed by atoms with Gasteiger partial charge in [0.1, 0.15) is 0 Å². The van der Waals surface area contributed by atoms with Gasteiger partial charge in [-0.1, -0.05) is 36.4 Å². The maximum absolute atomic E-state index is 11.4. The molecular formula is C16H20CoN10O2S2. The number of benzene rings is 2. The largest absolute Gasteiger partial charge is 2.00 e. The minimum atomic E-state index is -0.347. The summed E-state index contributed by atoms with van der Waals surface area (Å²) in [5.74, 6) is 23.1. The molecule has 0 aliphatic carbocycles. The van der Waals surface area contributed by atoms with E-state index in [-0.39, 0.29) is 38.8 Å². The van der Waals surface area contributed by atoms with E-state index in [1.165, 1.54) is 0 Å². The standard InChI is InChI=1S/2C8H10N5OS.Co/c2*9-13(10)8(15)12-11-7(14)6-4-2-1-3-5-6;/h2*1-5,9H,10H2,(H,11,14)(H,12,15);/q2*-1;+2. The van der Waals surface area contributed by atoms with Gasteiger partial charge in [0.25, 0.3) is 11.8 Å². The van der Waals surface area contributed by atoms with Crippen LogP contribution in [0.1, 0.15) is 20.7 Å². The van der Waals surface area contributed by atoms with Crippen LogP contribution in [0.2, 0.25) is 0 Å². The molecule has 15 heteroatoms. The van der Waals surface area contributed by atoms with Crippen molar-refractivity contribution in [2.24, 2.45) is 11.7 Å². The van der Waals surface area contributed by atoms with Gasteiger partial charge >= 0.3 is 16.8 Å². The number of nitrogens with one attached hydrogen (secondary N) is 6. The maximum Gasteiger partial charge on any atom is 2.00 e. The molecule has 0 saturated carbocycles. The molecule has 0 fully saturated rings. The van der Waals surface area contributed by atoms with Crippen LogP contribution in [0.4, 0.5) is 0 Å². The zero-order valence-corrected chi connectivity index (χ0v) is 18.5. The third kappa shape index (κ3) is 11.2. The number of hydrazine groups is 4. The summed E-state index contributed by atoms with van der Waals surface area (Å²) in [6.45, 7) is 0. The first kappa shape index (κ1) is 28.1. The molecular weight excluding hydrogens is 487 g/mol. The second kappa shape index (κ2) is 15.0. The van der Waals surface area contributed by atoms with Crippen molar-refractivity contribution in [3.05, 3.63) is 83.5 Å². The molecule has 0 atom stereocenters. The molecule has 2 aromatic rings. The molecule has 10 N–H and O–H groups in total. The van der Waals surface area contributed by atoms with Crippen molar-refractivity contribution in [3.8, 4) is 0 Å². The summed E-state index contributed by atoms with van der Waals surface area (Å²) < 4.78 is 0. The summed E-state index contributed by atoms with van der Waals surface area (Å²) >= 11 is 9.27. The summed E-state index contributed by atoms with van der Waals surface area (Å²) in [4.78, 5) is 22.8. The van der Waals surface area contributed by atoms with Crippen LogP contribution in [0.25, 0.3) is 11.7 Å². The van der Waals surface area contributed by atoms with Crippen molar-refractivity contribution < 1.29 is 26.4 Å². The van der Waals surface area contributed by atoms with E-state index in [0.717, 1.165) is 0 Å². The van der Waals surface area contributed by atoms with E-state index in [2.05, 4.69) is 46.1 Å². The minimum absolute atomic E-state index is 0. The van der Waals surface area contributed by atoms with Crippen LogP contribution in [0.3, 0.4) is 0 Å². The van der Waals surface area contributed by atoms with Gasteiger partial charge in [-0.3, -0.25) is 43.0 Å². The zero-order valence-electron chi connectivity index (χ0n) is 15.8. The Bertz CT molecular complexity index is 784. The number of hydrogen-bond donors (Lipinski definition) is 6. The van der Waals surface area contributed by atoms with E-state index in [9.17, 15) is 9.59 Å². The summed E-state index contributed by atoms with van der Waals surface area (Å²) in [5.41, 5.74) is 10.2. The molecule has 2 amide bonds. The Morgan fingerprint density at radius 3 is 1.23 bits per heavy atom. The van der Waals surface area contributed by atoms with Crippen molar-refractivity contribution in [2.45, 2.75) is 0 Å². The van der Waals surface area contributed by atoms with E-state index in [1.54, 1.807) is 60.7 Å². The average Bonchev–Trinajstić information content (AvgIpc) is 2.76. The molecule has 0 unspecified atom stereocenters. The normalized spacial score (nSPS) is 8.90. The summed E-state index contributed by atoms with van der Waals surface area (Å²) in [5, 5.41) is 0.694. The Kier molecular flexibility index (Phi) is 13.6. The van der Waals surface area contributed by atoms with E-state index in [0.29, 0.717) is 21.4 Å². The summed E-state index contributed by atoms with van der Waals surface area (Å²) in [7, 11) is 0. The van der Waals surface area contributed by atoms with E-state index >= 15 is 0 Å². The number of carbonyl (C=O) groups excluding carboxylic acids is 2.